The van der Waals surface area contributed by atoms with Crippen LogP contribution in [0, 0.1) is 35.0 Å². The molecule has 0 aromatic carbocycles. The van der Waals surface area contributed by atoms with Gasteiger partial charge in [0.25, 0.3) is 0 Å². The lowest BCUT2D eigenvalue weighted by Gasteiger charge is -2.65. The smallest absolute Gasteiger partial charge is 0.112 e. The van der Waals surface area contributed by atoms with Gasteiger partial charge in [-0.2, -0.15) is 12.6 Å². The molecule has 0 radical (unpaired) electrons. The van der Waals surface area contributed by atoms with Gasteiger partial charge in [0, 0.05) is 30.3 Å². The molecule has 9 nitrogen and oxygen atoms in total. The summed E-state index contributed by atoms with van der Waals surface area (Å²) < 4.78 is 22.2. The minimum absolute atomic E-state index is 0.0166. The molecule has 0 heterocycles. The highest BCUT2D eigenvalue weighted by atomic mass is 32.1. The largest absolute Gasteiger partial charge is 0.513 e. The third-order valence-electron chi connectivity index (χ3n) is 12.2. The maximum absolute atomic E-state index is 12.3. The van der Waals surface area contributed by atoms with E-state index in [2.05, 4.69) is 20.4 Å². The van der Waals surface area contributed by atoms with Crippen molar-refractivity contribution in [3.8, 4) is 0 Å². The molecule has 4 rings (SSSR count). The lowest BCUT2D eigenvalue weighted by Crippen LogP contribution is -2.66. The molecule has 244 valence electrons. The van der Waals surface area contributed by atoms with Gasteiger partial charge in [-0.15, -0.1) is 0 Å². The van der Waals surface area contributed by atoms with Crippen LogP contribution in [0.25, 0.3) is 0 Å². The Bertz CT molecular complexity index is 922. The fourth-order valence-electron chi connectivity index (χ4n) is 9.47. The molecule has 4 aliphatic carbocycles. The molecule has 10 heteroatoms. The highest BCUT2D eigenvalue weighted by Gasteiger charge is 2.70. The van der Waals surface area contributed by atoms with E-state index in [1.165, 1.54) is 14.2 Å². The van der Waals surface area contributed by atoms with E-state index in [0.717, 1.165) is 44.9 Å². The van der Waals surface area contributed by atoms with Crippen LogP contribution in [0.4, 0.5) is 0 Å². The van der Waals surface area contributed by atoms with E-state index in [-0.39, 0.29) is 59.6 Å². The van der Waals surface area contributed by atoms with Gasteiger partial charge >= 0.3 is 0 Å². The minimum Gasteiger partial charge on any atom is -0.513 e. The van der Waals surface area contributed by atoms with E-state index >= 15 is 0 Å². The van der Waals surface area contributed by atoms with E-state index < -0.39 is 36.1 Å². The highest BCUT2D eigenvalue weighted by Crippen LogP contribution is 2.70. The summed E-state index contributed by atoms with van der Waals surface area (Å²) in [5.74, 6) is 1.17. The van der Waals surface area contributed by atoms with Gasteiger partial charge in [0.2, 0.25) is 0 Å². The van der Waals surface area contributed by atoms with Crippen LogP contribution in [0.5, 0.6) is 0 Å². The molecule has 4 saturated carbocycles. The molecule has 0 bridgehead atoms. The number of thiol groups is 1. The number of aliphatic hydroxyl groups excluding tert-OH is 4. The average Bonchev–Trinajstić information content (AvgIpc) is 3.24. The molecule has 4 fully saturated rings. The van der Waals surface area contributed by atoms with Crippen molar-refractivity contribution in [1.29, 1.82) is 0 Å². The van der Waals surface area contributed by atoms with Gasteiger partial charge < -0.3 is 44.5 Å². The fraction of sp³-hybridized carbons (Fsp3) is 0.938. The van der Waals surface area contributed by atoms with Gasteiger partial charge in [-0.05, 0) is 82.0 Å². The van der Waals surface area contributed by atoms with Crippen LogP contribution in [0.15, 0.2) is 12.3 Å². The second-order valence-electron chi connectivity index (χ2n) is 14.0. The van der Waals surface area contributed by atoms with Crippen LogP contribution in [0.3, 0.4) is 0 Å². The molecule has 14 atom stereocenters. The molecule has 42 heavy (non-hydrogen) atoms. The van der Waals surface area contributed by atoms with Crippen LogP contribution >= 0.6 is 12.6 Å². The number of methoxy groups -OCH3 is 2. The maximum Gasteiger partial charge on any atom is 0.112 e. The third kappa shape index (κ3) is 6.06. The van der Waals surface area contributed by atoms with Crippen LogP contribution in [0.1, 0.15) is 72.1 Å². The Hall–Kier alpha value is -0.430. The standard InChI is InChI=1S/C32H56O9S/c1-18-13-25-24(32(37)12-10-23(19(2)33)30(18,32)4)8-7-21-14-22(9-11-31(21,25)42)40-17-28(36)29(20(3)39-6)41-16-27(35)26(34)15-38-5/h18,20-29,33-37,42H,2,7-17H2,1,3-6H3. The minimum atomic E-state index is -1.15. The van der Waals surface area contributed by atoms with Crippen LogP contribution in [-0.2, 0) is 18.9 Å². The topological polar surface area (TPSA) is 138 Å². The number of fused-ring (bicyclic) bond motifs is 5. The quantitative estimate of drug-likeness (QED) is 0.136. The SMILES string of the molecule is C=C(O)C1CCC2(O)C3CCC4CC(OCC(O)C(OCC(O)C(O)COC)C(C)OC)CCC4(S)C3CC(C)C12C. The normalized spacial score (nSPS) is 43.4. The zero-order valence-electron chi connectivity index (χ0n) is 26.2. The van der Waals surface area contributed by atoms with Crippen molar-refractivity contribution in [3.63, 3.8) is 0 Å². The molecule has 0 amide bonds. The molecule has 0 aromatic heterocycles. The first kappa shape index (κ1) is 34.4. The average molecular weight is 617 g/mol. The molecule has 4 aliphatic rings. The number of hydrogen-bond acceptors (Lipinski definition) is 10. The molecule has 0 spiro atoms. The Morgan fingerprint density at radius 2 is 1.64 bits per heavy atom. The summed E-state index contributed by atoms with van der Waals surface area (Å²) in [7, 11) is 2.97. The third-order valence-corrected chi connectivity index (χ3v) is 13.1. The van der Waals surface area contributed by atoms with Gasteiger partial charge in [-0.3, -0.25) is 0 Å². The number of aliphatic hydroxyl groups is 5. The lowest BCUT2D eigenvalue weighted by atomic mass is 9.44. The van der Waals surface area contributed by atoms with Crippen molar-refractivity contribution >= 4 is 12.6 Å². The molecule has 14 unspecified atom stereocenters. The van der Waals surface area contributed by atoms with Crippen molar-refractivity contribution in [2.24, 2.45) is 35.0 Å². The first-order chi connectivity index (χ1) is 19.7. The maximum atomic E-state index is 12.3. The van der Waals surface area contributed by atoms with Crippen molar-refractivity contribution < 1.29 is 44.5 Å². The van der Waals surface area contributed by atoms with Crippen LogP contribution in [-0.4, -0.2) is 107 Å². The van der Waals surface area contributed by atoms with E-state index in [4.69, 9.17) is 31.6 Å². The summed E-state index contributed by atoms with van der Waals surface area (Å²) in [6.45, 7) is 9.94. The molecule has 5 N–H and O–H groups in total. The summed E-state index contributed by atoms with van der Waals surface area (Å²) in [5.41, 5.74) is -1.21. The Labute approximate surface area is 257 Å². The predicted octanol–water partition coefficient (Wildman–Crippen LogP) is 3.27. The monoisotopic (exact) mass is 616 g/mol. The van der Waals surface area contributed by atoms with Crippen LogP contribution in [0.2, 0.25) is 0 Å². The first-order valence-electron chi connectivity index (χ1n) is 15.9. The van der Waals surface area contributed by atoms with E-state index in [0.29, 0.717) is 18.3 Å². The Balaban J connectivity index is 1.37. The van der Waals surface area contributed by atoms with E-state index in [9.17, 15) is 25.5 Å². The predicted molar refractivity (Wildman–Crippen MR) is 162 cm³/mol. The highest BCUT2D eigenvalue weighted by molar-refractivity contribution is 7.81. The van der Waals surface area contributed by atoms with Gasteiger partial charge in [0.15, 0.2) is 0 Å². The summed E-state index contributed by atoms with van der Waals surface area (Å²) in [6.07, 6.45) is 2.49. The second-order valence-corrected chi connectivity index (χ2v) is 14.9. The van der Waals surface area contributed by atoms with Gasteiger partial charge in [-0.1, -0.05) is 20.4 Å². The van der Waals surface area contributed by atoms with Gasteiger partial charge in [0.05, 0.1) is 43.4 Å². The second kappa shape index (κ2) is 13.5. The Morgan fingerprint density at radius 1 is 0.952 bits per heavy atom. The Morgan fingerprint density at radius 3 is 2.29 bits per heavy atom. The number of rotatable bonds is 13. The number of allylic oxidation sites excluding steroid dienone is 1. The molecular formula is C32H56O9S. The summed E-state index contributed by atoms with van der Waals surface area (Å²) >= 11 is 5.42. The van der Waals surface area contributed by atoms with E-state index in [1.807, 2.05) is 0 Å². The molecule has 0 aliphatic heterocycles. The molecular weight excluding hydrogens is 560 g/mol. The van der Waals surface area contributed by atoms with Crippen molar-refractivity contribution in [1.82, 2.24) is 0 Å². The van der Waals surface area contributed by atoms with Crippen molar-refractivity contribution in [2.45, 2.75) is 119 Å². The summed E-state index contributed by atoms with van der Waals surface area (Å²) in [5, 5.41) is 53.8. The Kier molecular flexibility index (Phi) is 11.1. The van der Waals surface area contributed by atoms with Gasteiger partial charge in [-0.25, -0.2) is 0 Å². The zero-order chi connectivity index (χ0) is 31.0. The zero-order valence-corrected chi connectivity index (χ0v) is 27.0. The van der Waals surface area contributed by atoms with Crippen molar-refractivity contribution in [3.05, 3.63) is 12.3 Å². The number of hydrogen-bond donors (Lipinski definition) is 6. The summed E-state index contributed by atoms with van der Waals surface area (Å²) in [4.78, 5) is 0. The van der Waals surface area contributed by atoms with Crippen LogP contribution < -0.4 is 0 Å². The fourth-order valence-corrected chi connectivity index (χ4v) is 10.1. The lowest BCUT2D eigenvalue weighted by molar-refractivity contribution is -0.206. The van der Waals surface area contributed by atoms with E-state index in [1.54, 1.807) is 6.92 Å². The molecule has 0 aromatic rings. The number of ether oxygens (including phenoxy) is 4. The summed E-state index contributed by atoms with van der Waals surface area (Å²) in [6, 6.07) is 0. The first-order valence-corrected chi connectivity index (χ1v) is 16.3. The van der Waals surface area contributed by atoms with Crippen molar-refractivity contribution in [2.75, 3.05) is 34.0 Å². The van der Waals surface area contributed by atoms with Gasteiger partial charge in [0.1, 0.15) is 24.4 Å². The molecule has 0 saturated heterocycles.